The van der Waals surface area contributed by atoms with Crippen molar-refractivity contribution < 1.29 is 9.76 Å². The fraction of sp³-hybridized carbons (Fsp3) is 0.261. The Kier molecular flexibility index (Phi) is 4.52. The molecular weight excluding hydrogens is 347 g/mol. The lowest BCUT2D eigenvalue weighted by Crippen LogP contribution is -2.49. The van der Waals surface area contributed by atoms with Gasteiger partial charge in [0.25, 0.3) is 0 Å². The van der Waals surface area contributed by atoms with E-state index in [4.69, 9.17) is 4.65 Å². The van der Waals surface area contributed by atoms with Crippen molar-refractivity contribution in [3.05, 3.63) is 67.0 Å². The maximum Gasteiger partial charge on any atom is 0.309 e. The molecule has 4 rings (SSSR count). The number of hydrogen-bond acceptors (Lipinski definition) is 3. The summed E-state index contributed by atoms with van der Waals surface area (Å²) in [6.07, 6.45) is 3.75. The van der Waals surface area contributed by atoms with E-state index < -0.39 is 11.2 Å². The maximum absolute atomic E-state index is 10.3. The van der Waals surface area contributed by atoms with E-state index >= 15 is 0 Å². The van der Waals surface area contributed by atoms with E-state index in [-0.39, 0.29) is 0 Å². The minimum absolute atomic E-state index is 0.436. The number of aromatic nitrogens is 2. The first-order valence-corrected chi connectivity index (χ1v) is 9.57. The van der Waals surface area contributed by atoms with Crippen LogP contribution in [0.25, 0.3) is 27.5 Å². The van der Waals surface area contributed by atoms with Gasteiger partial charge in [-0.05, 0) is 52.0 Å². The number of aliphatic hydroxyl groups is 1. The molecule has 142 valence electrons. The molecule has 0 fully saturated rings. The number of fused-ring (bicyclic) bond motifs is 3. The highest BCUT2D eigenvalue weighted by Gasteiger charge is 2.35. The highest BCUT2D eigenvalue weighted by molar-refractivity contribution is 6.47. The summed E-state index contributed by atoms with van der Waals surface area (Å²) >= 11 is 0. The second-order valence-corrected chi connectivity index (χ2v) is 8.27. The first-order chi connectivity index (χ1) is 13.3. The van der Waals surface area contributed by atoms with Crippen molar-refractivity contribution >= 4 is 34.8 Å². The summed E-state index contributed by atoms with van der Waals surface area (Å²) in [6, 6.07) is 18.8. The molecule has 0 unspecified atom stereocenters. The van der Waals surface area contributed by atoms with E-state index in [2.05, 4.69) is 58.1 Å². The average Bonchev–Trinajstić information content (AvgIpc) is 3.00. The van der Waals surface area contributed by atoms with Crippen molar-refractivity contribution in [3.8, 4) is 5.69 Å². The normalized spacial score (nSPS) is 12.6. The van der Waals surface area contributed by atoms with E-state index in [0.29, 0.717) is 7.48 Å². The van der Waals surface area contributed by atoms with Crippen molar-refractivity contribution in [2.75, 3.05) is 0 Å². The zero-order chi connectivity index (χ0) is 19.9. The smallest absolute Gasteiger partial charge is 0.309 e. The Hall–Kier alpha value is -2.63. The molecule has 0 amide bonds. The maximum atomic E-state index is 10.3. The van der Waals surface area contributed by atoms with E-state index in [9.17, 15) is 5.11 Å². The van der Waals surface area contributed by atoms with Gasteiger partial charge in [-0.2, -0.15) is 0 Å². The van der Waals surface area contributed by atoms with Crippen molar-refractivity contribution in [2.45, 2.75) is 38.9 Å². The van der Waals surface area contributed by atoms with Crippen LogP contribution in [0.5, 0.6) is 0 Å². The number of nitrogens with zero attached hydrogens (tertiary/aromatic N) is 2. The van der Waals surface area contributed by atoms with E-state index in [1.54, 1.807) is 13.8 Å². The number of para-hydroxylation sites is 1. The molecule has 2 aromatic heterocycles. The van der Waals surface area contributed by atoms with E-state index in [1.165, 1.54) is 0 Å². The molecule has 0 saturated heterocycles. The molecule has 2 heterocycles. The van der Waals surface area contributed by atoms with Crippen LogP contribution in [0.15, 0.2) is 67.0 Å². The summed E-state index contributed by atoms with van der Waals surface area (Å²) in [5.41, 5.74) is 2.89. The second-order valence-electron chi connectivity index (χ2n) is 8.27. The highest BCUT2D eigenvalue weighted by Crippen LogP contribution is 2.31. The van der Waals surface area contributed by atoms with E-state index in [1.807, 2.05) is 32.3 Å². The average molecular weight is 372 g/mol. The van der Waals surface area contributed by atoms with Crippen LogP contribution in [-0.4, -0.2) is 33.3 Å². The predicted octanol–water partition coefficient (Wildman–Crippen LogP) is 3.72. The molecule has 0 aliphatic rings. The molecular formula is C23H25BN2O2. The van der Waals surface area contributed by atoms with Crippen molar-refractivity contribution in [1.29, 1.82) is 0 Å². The molecule has 28 heavy (non-hydrogen) atoms. The first-order valence-electron chi connectivity index (χ1n) is 9.57. The Labute approximate surface area is 166 Å². The second kappa shape index (κ2) is 6.76. The Morgan fingerprint density at radius 2 is 1.64 bits per heavy atom. The third-order valence-corrected chi connectivity index (χ3v) is 5.72. The van der Waals surface area contributed by atoms with Crippen LogP contribution in [0.2, 0.25) is 0 Å². The number of rotatable bonds is 5. The Morgan fingerprint density at radius 1 is 0.929 bits per heavy atom. The van der Waals surface area contributed by atoms with Gasteiger partial charge in [0.05, 0.1) is 22.2 Å². The molecule has 5 heteroatoms. The zero-order valence-corrected chi connectivity index (χ0v) is 16.8. The summed E-state index contributed by atoms with van der Waals surface area (Å²) < 4.78 is 8.32. The van der Waals surface area contributed by atoms with E-state index in [0.717, 1.165) is 33.0 Å². The van der Waals surface area contributed by atoms with Crippen LogP contribution in [-0.2, 0) is 4.65 Å². The highest BCUT2D eigenvalue weighted by atomic mass is 16.5. The monoisotopic (exact) mass is 372 g/mol. The zero-order valence-electron chi connectivity index (χ0n) is 16.8. The summed E-state index contributed by atoms with van der Waals surface area (Å²) in [4.78, 5) is 4.34. The predicted molar refractivity (Wildman–Crippen MR) is 117 cm³/mol. The molecule has 0 spiro atoms. The molecule has 2 aromatic carbocycles. The van der Waals surface area contributed by atoms with Crippen LogP contribution < -0.4 is 5.46 Å². The van der Waals surface area contributed by atoms with Crippen LogP contribution in [0, 0.1) is 0 Å². The van der Waals surface area contributed by atoms with Gasteiger partial charge in [0, 0.05) is 28.9 Å². The molecule has 0 atom stereocenters. The van der Waals surface area contributed by atoms with Gasteiger partial charge >= 0.3 is 7.48 Å². The SMILES string of the molecule is CC(C)(O)C(C)(C)OBc1ccc2c(c1)c1cnccc1n2-c1ccccc1. The first kappa shape index (κ1) is 18.7. The Balaban J connectivity index is 1.80. The Bertz CT molecular complexity index is 1130. The van der Waals surface area contributed by atoms with Gasteiger partial charge in [-0.15, -0.1) is 0 Å². The minimum atomic E-state index is -0.926. The standard InChI is InChI=1S/C23H25BN2O2/c1-22(2,27)23(3,4)28-24-16-10-11-20-18(14-16)19-15-25-13-12-21(19)26(20)17-8-6-5-7-9-17/h5-15,24,27H,1-4H3. The molecule has 4 aromatic rings. The topological polar surface area (TPSA) is 47.3 Å². The summed E-state index contributed by atoms with van der Waals surface area (Å²) in [7, 11) is 0.436. The lowest BCUT2D eigenvalue weighted by molar-refractivity contribution is -0.0893. The van der Waals surface area contributed by atoms with Gasteiger partial charge < -0.3 is 14.3 Å². The van der Waals surface area contributed by atoms with Crippen LogP contribution in [0.1, 0.15) is 27.7 Å². The van der Waals surface area contributed by atoms with Gasteiger partial charge in [0.1, 0.15) is 0 Å². The van der Waals surface area contributed by atoms with Crippen LogP contribution in [0.4, 0.5) is 0 Å². The molecule has 1 N–H and O–H groups in total. The third-order valence-electron chi connectivity index (χ3n) is 5.72. The lowest BCUT2D eigenvalue weighted by Gasteiger charge is -2.37. The lowest BCUT2D eigenvalue weighted by atomic mass is 9.82. The fourth-order valence-corrected chi connectivity index (χ4v) is 3.30. The largest absolute Gasteiger partial charge is 0.427 e. The summed E-state index contributed by atoms with van der Waals surface area (Å²) in [5.74, 6) is 0. The van der Waals surface area contributed by atoms with Crippen LogP contribution in [0.3, 0.4) is 0 Å². The van der Waals surface area contributed by atoms with Gasteiger partial charge in [-0.25, -0.2) is 0 Å². The van der Waals surface area contributed by atoms with Crippen molar-refractivity contribution in [2.24, 2.45) is 0 Å². The molecule has 0 bridgehead atoms. The minimum Gasteiger partial charge on any atom is -0.427 e. The number of hydrogen-bond donors (Lipinski definition) is 1. The molecule has 0 aliphatic carbocycles. The quantitative estimate of drug-likeness (QED) is 0.543. The Morgan fingerprint density at radius 3 is 2.36 bits per heavy atom. The number of benzene rings is 2. The van der Waals surface area contributed by atoms with Crippen molar-refractivity contribution in [1.82, 2.24) is 9.55 Å². The van der Waals surface area contributed by atoms with Crippen LogP contribution >= 0.6 is 0 Å². The van der Waals surface area contributed by atoms with Crippen molar-refractivity contribution in [3.63, 3.8) is 0 Å². The number of pyridine rings is 1. The van der Waals surface area contributed by atoms with Gasteiger partial charge in [-0.3, -0.25) is 4.98 Å². The summed E-state index contributed by atoms with van der Waals surface area (Å²) in [5, 5.41) is 12.6. The molecule has 4 nitrogen and oxygen atoms in total. The van der Waals surface area contributed by atoms with Gasteiger partial charge in [-0.1, -0.05) is 35.8 Å². The fourth-order valence-electron chi connectivity index (χ4n) is 3.30. The van der Waals surface area contributed by atoms with Gasteiger partial charge in [0.2, 0.25) is 0 Å². The molecule has 0 aliphatic heterocycles. The summed E-state index contributed by atoms with van der Waals surface area (Å²) in [6.45, 7) is 7.37. The third kappa shape index (κ3) is 3.21. The van der Waals surface area contributed by atoms with Gasteiger partial charge in [0.15, 0.2) is 0 Å². The molecule has 0 saturated carbocycles. The molecule has 0 radical (unpaired) electrons.